The Hall–Kier alpha value is -1.13. The highest BCUT2D eigenvalue weighted by molar-refractivity contribution is 5.39. The van der Waals surface area contributed by atoms with E-state index in [-0.39, 0.29) is 17.5 Å². The molecule has 19 heavy (non-hydrogen) atoms. The predicted molar refractivity (Wildman–Crippen MR) is 70.5 cm³/mol. The number of nitrogens with two attached hydrogens (primary N) is 1. The number of likely N-dealkylation sites (tertiary alicyclic amines) is 1. The Morgan fingerprint density at radius 2 is 2.21 bits per heavy atom. The molecule has 3 aliphatic rings. The van der Waals surface area contributed by atoms with Crippen LogP contribution in [-0.4, -0.2) is 29.6 Å². The lowest BCUT2D eigenvalue weighted by Crippen LogP contribution is -2.45. The van der Waals surface area contributed by atoms with E-state index in [2.05, 4.69) is 4.90 Å². The molecule has 2 N–H and O–H groups in total. The second-order valence-corrected chi connectivity index (χ2v) is 6.23. The van der Waals surface area contributed by atoms with E-state index in [1.807, 2.05) is 0 Å². The molecule has 2 atom stereocenters. The van der Waals surface area contributed by atoms with Crippen LogP contribution in [0.25, 0.3) is 0 Å². The number of hydrogen-bond acceptors (Lipinski definition) is 3. The van der Waals surface area contributed by atoms with Crippen LogP contribution < -0.4 is 10.5 Å². The maximum atomic E-state index is 13.3. The van der Waals surface area contributed by atoms with E-state index in [1.54, 1.807) is 6.07 Å². The first kappa shape index (κ1) is 11.7. The second kappa shape index (κ2) is 3.93. The summed E-state index contributed by atoms with van der Waals surface area (Å²) in [6, 6.07) is 5.36. The SMILES string of the molecule is N[C@H]1CC2(CCN(C3CC3)C2)Oc2ccc(F)cc21. The Balaban J connectivity index is 1.62. The molecule has 4 rings (SSSR count). The number of nitrogens with zero attached hydrogens (tertiary/aromatic N) is 1. The van der Waals surface area contributed by atoms with Crippen LogP contribution in [0.1, 0.15) is 37.3 Å². The minimum atomic E-state index is -0.236. The van der Waals surface area contributed by atoms with Crippen LogP contribution in [0, 0.1) is 5.82 Å². The minimum absolute atomic E-state index is 0.112. The van der Waals surface area contributed by atoms with Crippen molar-refractivity contribution in [1.29, 1.82) is 0 Å². The molecule has 1 aromatic rings. The molecule has 4 heteroatoms. The molecule has 1 saturated heterocycles. The minimum Gasteiger partial charge on any atom is -0.485 e. The molecule has 0 aromatic heterocycles. The molecule has 0 radical (unpaired) electrons. The van der Waals surface area contributed by atoms with E-state index in [0.717, 1.165) is 43.3 Å². The largest absolute Gasteiger partial charge is 0.485 e. The van der Waals surface area contributed by atoms with Gasteiger partial charge in [-0.1, -0.05) is 0 Å². The Bertz CT molecular complexity index is 517. The smallest absolute Gasteiger partial charge is 0.125 e. The van der Waals surface area contributed by atoms with E-state index < -0.39 is 0 Å². The third-order valence-corrected chi connectivity index (χ3v) is 4.70. The van der Waals surface area contributed by atoms with E-state index >= 15 is 0 Å². The molecule has 2 heterocycles. The van der Waals surface area contributed by atoms with Crippen LogP contribution in [0.4, 0.5) is 4.39 Å². The molecule has 1 unspecified atom stereocenters. The molecule has 1 aliphatic carbocycles. The van der Waals surface area contributed by atoms with Crippen molar-refractivity contribution < 1.29 is 9.13 Å². The number of benzene rings is 1. The van der Waals surface area contributed by atoms with Gasteiger partial charge in [0, 0.05) is 43.6 Å². The van der Waals surface area contributed by atoms with Gasteiger partial charge >= 0.3 is 0 Å². The van der Waals surface area contributed by atoms with Crippen LogP contribution in [0.15, 0.2) is 18.2 Å². The summed E-state index contributed by atoms with van der Waals surface area (Å²) >= 11 is 0. The number of rotatable bonds is 1. The lowest BCUT2D eigenvalue weighted by atomic mass is 9.87. The van der Waals surface area contributed by atoms with Crippen molar-refractivity contribution >= 4 is 0 Å². The van der Waals surface area contributed by atoms with E-state index in [1.165, 1.54) is 25.0 Å². The molecule has 0 bridgehead atoms. The summed E-state index contributed by atoms with van der Waals surface area (Å²) < 4.78 is 19.5. The normalized spacial score (nSPS) is 34.3. The maximum absolute atomic E-state index is 13.3. The monoisotopic (exact) mass is 262 g/mol. The standard InChI is InChI=1S/C15H19FN2O/c16-10-1-4-14-12(7-10)13(17)8-15(19-14)5-6-18(9-15)11-2-3-11/h1,4,7,11,13H,2-3,5-6,8-9,17H2/t13-,15?/m0/s1. The van der Waals surface area contributed by atoms with E-state index in [0.29, 0.717) is 0 Å². The van der Waals surface area contributed by atoms with Gasteiger partial charge in [-0.25, -0.2) is 4.39 Å². The summed E-state index contributed by atoms with van der Waals surface area (Å²) in [6.07, 6.45) is 4.48. The van der Waals surface area contributed by atoms with Gasteiger partial charge in [-0.2, -0.15) is 0 Å². The lowest BCUT2D eigenvalue weighted by Gasteiger charge is -2.38. The summed E-state index contributed by atoms with van der Waals surface area (Å²) in [5, 5.41) is 0. The van der Waals surface area contributed by atoms with Crippen molar-refractivity contribution in [3.63, 3.8) is 0 Å². The molecule has 1 saturated carbocycles. The summed E-state index contributed by atoms with van der Waals surface area (Å²) in [5.41, 5.74) is 6.91. The molecule has 102 valence electrons. The van der Waals surface area contributed by atoms with E-state index in [9.17, 15) is 4.39 Å². The molecule has 2 aliphatic heterocycles. The fourth-order valence-electron chi connectivity index (χ4n) is 3.56. The van der Waals surface area contributed by atoms with Gasteiger partial charge < -0.3 is 10.5 Å². The third kappa shape index (κ3) is 1.94. The van der Waals surface area contributed by atoms with Crippen LogP contribution >= 0.6 is 0 Å². The number of ether oxygens (including phenoxy) is 1. The van der Waals surface area contributed by atoms with Crippen molar-refractivity contribution in [1.82, 2.24) is 4.90 Å². The Morgan fingerprint density at radius 3 is 3.00 bits per heavy atom. The Kier molecular flexibility index (Phi) is 2.42. The van der Waals surface area contributed by atoms with Crippen LogP contribution in [0.2, 0.25) is 0 Å². The van der Waals surface area contributed by atoms with Crippen molar-refractivity contribution in [2.75, 3.05) is 13.1 Å². The Morgan fingerprint density at radius 1 is 1.37 bits per heavy atom. The van der Waals surface area contributed by atoms with Crippen LogP contribution in [0.5, 0.6) is 5.75 Å². The zero-order chi connectivity index (χ0) is 13.0. The Labute approximate surface area is 112 Å². The van der Waals surface area contributed by atoms with Gasteiger partial charge in [-0.05, 0) is 31.0 Å². The first-order valence-corrected chi connectivity index (χ1v) is 7.13. The zero-order valence-corrected chi connectivity index (χ0v) is 10.9. The highest BCUT2D eigenvalue weighted by Gasteiger charge is 2.48. The van der Waals surface area contributed by atoms with E-state index in [4.69, 9.17) is 10.5 Å². The number of fused-ring (bicyclic) bond motifs is 1. The maximum Gasteiger partial charge on any atom is 0.125 e. The number of hydrogen-bond donors (Lipinski definition) is 1. The van der Waals surface area contributed by atoms with Crippen molar-refractivity contribution in [3.8, 4) is 5.75 Å². The van der Waals surface area contributed by atoms with Gasteiger partial charge in [0.25, 0.3) is 0 Å². The molecular weight excluding hydrogens is 243 g/mol. The molecule has 2 fully saturated rings. The summed E-state index contributed by atoms with van der Waals surface area (Å²) in [7, 11) is 0. The average Bonchev–Trinajstić information content (AvgIpc) is 3.15. The van der Waals surface area contributed by atoms with Gasteiger partial charge in [0.2, 0.25) is 0 Å². The second-order valence-electron chi connectivity index (χ2n) is 6.23. The lowest BCUT2D eigenvalue weighted by molar-refractivity contribution is 0.0431. The first-order chi connectivity index (χ1) is 9.15. The van der Waals surface area contributed by atoms with Gasteiger partial charge in [0.05, 0.1) is 0 Å². The highest BCUT2D eigenvalue weighted by Crippen LogP contribution is 2.44. The average molecular weight is 262 g/mol. The van der Waals surface area contributed by atoms with Gasteiger partial charge in [0.15, 0.2) is 0 Å². The predicted octanol–water partition coefficient (Wildman–Crippen LogP) is 2.21. The van der Waals surface area contributed by atoms with Crippen LogP contribution in [-0.2, 0) is 0 Å². The zero-order valence-electron chi connectivity index (χ0n) is 10.9. The molecule has 1 spiro atoms. The molecular formula is C15H19FN2O. The van der Waals surface area contributed by atoms with Gasteiger partial charge in [0.1, 0.15) is 17.2 Å². The molecule has 1 aromatic carbocycles. The number of halogens is 1. The van der Waals surface area contributed by atoms with Crippen molar-refractivity contribution in [2.24, 2.45) is 5.73 Å². The topological polar surface area (TPSA) is 38.5 Å². The first-order valence-electron chi connectivity index (χ1n) is 7.13. The quantitative estimate of drug-likeness (QED) is 0.843. The molecule has 3 nitrogen and oxygen atoms in total. The highest BCUT2D eigenvalue weighted by atomic mass is 19.1. The summed E-state index contributed by atoms with van der Waals surface area (Å²) in [5.74, 6) is 0.539. The fraction of sp³-hybridized carbons (Fsp3) is 0.600. The van der Waals surface area contributed by atoms with Crippen molar-refractivity contribution in [3.05, 3.63) is 29.6 Å². The van der Waals surface area contributed by atoms with Crippen LogP contribution in [0.3, 0.4) is 0 Å². The summed E-state index contributed by atoms with van der Waals surface area (Å²) in [6.45, 7) is 2.08. The van der Waals surface area contributed by atoms with Gasteiger partial charge in [-0.3, -0.25) is 4.90 Å². The third-order valence-electron chi connectivity index (χ3n) is 4.70. The van der Waals surface area contributed by atoms with Gasteiger partial charge in [-0.15, -0.1) is 0 Å². The molecule has 0 amide bonds. The fourth-order valence-corrected chi connectivity index (χ4v) is 3.56. The van der Waals surface area contributed by atoms with Crippen molar-refractivity contribution in [2.45, 2.75) is 43.4 Å². The summed E-state index contributed by atoms with van der Waals surface area (Å²) in [4.78, 5) is 2.53.